The maximum absolute atomic E-state index is 5.24. The summed E-state index contributed by atoms with van der Waals surface area (Å²) in [6.07, 6.45) is 2.22. The zero-order valence-corrected chi connectivity index (χ0v) is 21.1. The molecule has 32 heavy (non-hydrogen) atoms. The van der Waals surface area contributed by atoms with Crippen LogP contribution in [0.4, 0.5) is 0 Å². The van der Waals surface area contributed by atoms with Gasteiger partial charge in [-0.25, -0.2) is 4.98 Å². The first-order valence-electron chi connectivity index (χ1n) is 12.0. The second kappa shape index (κ2) is 8.03. The van der Waals surface area contributed by atoms with Crippen molar-refractivity contribution in [2.24, 2.45) is 0 Å². The molecular formula is C31H37N. The number of fused-ring (bicyclic) bond motifs is 2. The van der Waals surface area contributed by atoms with E-state index in [-0.39, 0.29) is 10.8 Å². The molecule has 0 aliphatic rings. The Balaban J connectivity index is 2.09. The number of pyridine rings is 1. The predicted molar refractivity (Wildman–Crippen MR) is 141 cm³/mol. The summed E-state index contributed by atoms with van der Waals surface area (Å²) in [6.45, 7) is 18.3. The van der Waals surface area contributed by atoms with Gasteiger partial charge in [-0.15, -0.1) is 0 Å². The second-order valence-corrected chi connectivity index (χ2v) is 10.8. The normalized spacial score (nSPS) is 12.6. The molecule has 1 heteroatoms. The average molecular weight is 424 g/mol. The van der Waals surface area contributed by atoms with E-state index in [4.69, 9.17) is 4.98 Å². The Morgan fingerprint density at radius 2 is 1.47 bits per heavy atom. The van der Waals surface area contributed by atoms with Crippen LogP contribution in [-0.4, -0.2) is 4.98 Å². The van der Waals surface area contributed by atoms with Crippen molar-refractivity contribution in [1.29, 1.82) is 0 Å². The minimum atomic E-state index is 0.0593. The highest BCUT2D eigenvalue weighted by Gasteiger charge is 2.27. The summed E-state index contributed by atoms with van der Waals surface area (Å²) < 4.78 is 0. The average Bonchev–Trinajstić information content (AvgIpc) is 2.76. The smallest absolute Gasteiger partial charge is 0.0717 e. The molecule has 0 fully saturated rings. The highest BCUT2D eigenvalue weighted by Crippen LogP contribution is 2.41. The van der Waals surface area contributed by atoms with Gasteiger partial charge in [0.15, 0.2) is 0 Å². The van der Waals surface area contributed by atoms with Crippen LogP contribution in [0.1, 0.15) is 76.6 Å². The molecule has 166 valence electrons. The Kier molecular flexibility index (Phi) is 5.65. The summed E-state index contributed by atoms with van der Waals surface area (Å²) >= 11 is 0. The molecule has 0 atom stereocenters. The SMILES string of the molecule is CCC(C)(CC)c1cc(-c2cc(C(C)(C)C)c3ccccc3c2)nc2cc(C)cc(C)c12. The van der Waals surface area contributed by atoms with Crippen molar-refractivity contribution in [3.8, 4) is 11.3 Å². The summed E-state index contributed by atoms with van der Waals surface area (Å²) in [4.78, 5) is 5.24. The molecule has 0 unspecified atom stereocenters. The van der Waals surface area contributed by atoms with Crippen LogP contribution in [0.25, 0.3) is 32.9 Å². The minimum absolute atomic E-state index is 0.0593. The molecule has 1 nitrogen and oxygen atoms in total. The first-order valence-corrected chi connectivity index (χ1v) is 12.0. The number of hydrogen-bond acceptors (Lipinski definition) is 1. The standard InChI is InChI=1S/C31H37N/c1-9-31(8,10-2)26-19-27(32-28-16-20(3)15-21(4)29(26)28)23-17-22-13-11-12-14-24(22)25(18-23)30(5,6)7/h11-19H,9-10H2,1-8H3. The zero-order chi connectivity index (χ0) is 23.3. The van der Waals surface area contributed by atoms with Gasteiger partial charge in [-0.05, 0) is 94.8 Å². The topological polar surface area (TPSA) is 12.9 Å². The number of benzene rings is 3. The minimum Gasteiger partial charge on any atom is -0.248 e. The summed E-state index contributed by atoms with van der Waals surface area (Å²) in [7, 11) is 0. The third kappa shape index (κ3) is 3.83. The van der Waals surface area contributed by atoms with Crippen molar-refractivity contribution in [2.75, 3.05) is 0 Å². The number of nitrogens with zero attached hydrogens (tertiary/aromatic N) is 1. The van der Waals surface area contributed by atoms with E-state index in [0.717, 1.165) is 24.1 Å². The predicted octanol–water partition coefficient (Wildman–Crippen LogP) is 9.05. The second-order valence-electron chi connectivity index (χ2n) is 10.8. The van der Waals surface area contributed by atoms with Crippen LogP contribution >= 0.6 is 0 Å². The van der Waals surface area contributed by atoms with Crippen molar-refractivity contribution in [2.45, 2.75) is 79.1 Å². The monoisotopic (exact) mass is 423 g/mol. The van der Waals surface area contributed by atoms with Gasteiger partial charge in [0.25, 0.3) is 0 Å². The summed E-state index contributed by atoms with van der Waals surface area (Å²) in [5.74, 6) is 0. The maximum Gasteiger partial charge on any atom is 0.0717 e. The van der Waals surface area contributed by atoms with Crippen LogP contribution in [0, 0.1) is 13.8 Å². The fourth-order valence-corrected chi connectivity index (χ4v) is 5.09. The first-order chi connectivity index (χ1) is 15.1. The quantitative estimate of drug-likeness (QED) is 0.319. The van der Waals surface area contributed by atoms with Crippen LogP contribution in [0.5, 0.6) is 0 Å². The highest BCUT2D eigenvalue weighted by molar-refractivity contribution is 5.93. The Hall–Kier alpha value is -2.67. The molecule has 1 aromatic heterocycles. The maximum atomic E-state index is 5.24. The molecule has 0 saturated carbocycles. The van der Waals surface area contributed by atoms with E-state index in [1.54, 1.807) is 0 Å². The van der Waals surface area contributed by atoms with E-state index in [2.05, 4.69) is 110 Å². The Morgan fingerprint density at radius 1 is 0.781 bits per heavy atom. The lowest BCUT2D eigenvalue weighted by molar-refractivity contribution is 0.442. The number of aryl methyl sites for hydroxylation is 2. The zero-order valence-electron chi connectivity index (χ0n) is 21.1. The van der Waals surface area contributed by atoms with Crippen molar-refractivity contribution in [3.63, 3.8) is 0 Å². The van der Waals surface area contributed by atoms with E-state index < -0.39 is 0 Å². The Bertz CT molecular complexity index is 1300. The Labute approximate surface area is 193 Å². The van der Waals surface area contributed by atoms with E-state index >= 15 is 0 Å². The van der Waals surface area contributed by atoms with Crippen LogP contribution in [0.3, 0.4) is 0 Å². The molecule has 0 aliphatic carbocycles. The van der Waals surface area contributed by atoms with Gasteiger partial charge in [0.2, 0.25) is 0 Å². The van der Waals surface area contributed by atoms with Gasteiger partial charge >= 0.3 is 0 Å². The first kappa shape index (κ1) is 22.5. The molecule has 0 saturated heterocycles. The fourth-order valence-electron chi connectivity index (χ4n) is 5.09. The van der Waals surface area contributed by atoms with Crippen LogP contribution in [0.15, 0.2) is 54.6 Å². The summed E-state index contributed by atoms with van der Waals surface area (Å²) in [6, 6.07) is 20.4. The molecule has 0 amide bonds. The molecule has 0 spiro atoms. The molecule has 1 heterocycles. The van der Waals surface area contributed by atoms with Gasteiger partial charge < -0.3 is 0 Å². The lowest BCUT2D eigenvalue weighted by atomic mass is 9.75. The lowest BCUT2D eigenvalue weighted by Crippen LogP contribution is -2.21. The number of aromatic nitrogens is 1. The van der Waals surface area contributed by atoms with Crippen molar-refractivity contribution in [3.05, 3.63) is 76.9 Å². The largest absolute Gasteiger partial charge is 0.248 e. The number of hydrogen-bond donors (Lipinski definition) is 0. The van der Waals surface area contributed by atoms with Crippen molar-refractivity contribution >= 4 is 21.7 Å². The van der Waals surface area contributed by atoms with Crippen molar-refractivity contribution in [1.82, 2.24) is 4.98 Å². The van der Waals surface area contributed by atoms with Gasteiger partial charge in [0.05, 0.1) is 11.2 Å². The van der Waals surface area contributed by atoms with Gasteiger partial charge in [-0.1, -0.05) is 71.9 Å². The molecule has 0 N–H and O–H groups in total. The lowest BCUT2D eigenvalue weighted by Gasteiger charge is -2.30. The molecule has 0 radical (unpaired) electrons. The fraction of sp³-hybridized carbons (Fsp3) is 0.387. The van der Waals surface area contributed by atoms with Crippen LogP contribution in [0.2, 0.25) is 0 Å². The summed E-state index contributed by atoms with van der Waals surface area (Å²) in [5, 5.41) is 3.96. The molecule has 0 bridgehead atoms. The molecule has 3 aromatic carbocycles. The molecule has 4 rings (SSSR count). The van der Waals surface area contributed by atoms with Crippen LogP contribution < -0.4 is 0 Å². The molecular weight excluding hydrogens is 386 g/mol. The van der Waals surface area contributed by atoms with E-state index in [1.807, 2.05) is 0 Å². The highest BCUT2D eigenvalue weighted by atomic mass is 14.7. The third-order valence-electron chi connectivity index (χ3n) is 7.43. The molecule has 0 aliphatic heterocycles. The number of rotatable bonds is 4. The van der Waals surface area contributed by atoms with Gasteiger partial charge in [0, 0.05) is 10.9 Å². The van der Waals surface area contributed by atoms with E-state index in [9.17, 15) is 0 Å². The third-order valence-corrected chi connectivity index (χ3v) is 7.43. The Morgan fingerprint density at radius 3 is 2.12 bits per heavy atom. The van der Waals surface area contributed by atoms with Crippen molar-refractivity contribution < 1.29 is 0 Å². The van der Waals surface area contributed by atoms with Gasteiger partial charge in [-0.2, -0.15) is 0 Å². The van der Waals surface area contributed by atoms with E-state index in [1.165, 1.54) is 44.0 Å². The molecule has 4 aromatic rings. The van der Waals surface area contributed by atoms with E-state index in [0.29, 0.717) is 0 Å². The van der Waals surface area contributed by atoms with Gasteiger partial charge in [0.1, 0.15) is 0 Å². The summed E-state index contributed by atoms with van der Waals surface area (Å²) in [5.41, 5.74) is 9.02. The van der Waals surface area contributed by atoms with Gasteiger partial charge in [-0.3, -0.25) is 0 Å². The van der Waals surface area contributed by atoms with Crippen LogP contribution in [-0.2, 0) is 10.8 Å².